The average Bonchev–Trinajstić information content (AvgIpc) is 2.12. The monoisotopic (exact) mass is 190 g/mol. The molecule has 0 unspecified atom stereocenters. The summed E-state index contributed by atoms with van der Waals surface area (Å²) in [6, 6.07) is 0. The topological polar surface area (TPSA) is 0 Å². The Balaban J connectivity index is 0.000000187. The lowest BCUT2D eigenvalue weighted by molar-refractivity contribution is 0.368. The second-order valence-electron chi connectivity index (χ2n) is 2.39. The van der Waals surface area contributed by atoms with Crippen molar-refractivity contribution < 1.29 is 17.3 Å². The summed E-state index contributed by atoms with van der Waals surface area (Å²) in [6.45, 7) is 0. The Morgan fingerprint density at radius 2 is 1.27 bits per heavy atom. The Bertz CT molecular complexity index is 93.1. The molecule has 0 N–H and O–H groups in total. The van der Waals surface area contributed by atoms with Gasteiger partial charge in [0.05, 0.1) is 6.26 Å². The summed E-state index contributed by atoms with van der Waals surface area (Å²) < 4.78 is 39.0. The molecule has 0 aromatic carbocycles. The zero-order valence-corrected chi connectivity index (χ0v) is 7.14. The van der Waals surface area contributed by atoms with Gasteiger partial charge in [0.25, 0.3) is 0 Å². The van der Waals surface area contributed by atoms with Gasteiger partial charge in [-0.3, -0.25) is 0 Å². The molecule has 1 rings (SSSR count). The van der Waals surface area contributed by atoms with Gasteiger partial charge < -0.3 is 17.3 Å². The van der Waals surface area contributed by atoms with Crippen LogP contribution in [0.15, 0.2) is 0 Å². The number of hydrogen-bond donors (Lipinski definition) is 0. The second-order valence-corrected chi connectivity index (χ2v) is 4.77. The van der Waals surface area contributed by atoms with E-state index in [1.54, 1.807) is 0 Å². The largest absolute Gasteiger partial charge is 0.673 e. The van der Waals surface area contributed by atoms with E-state index in [-0.39, 0.29) is 0 Å². The van der Waals surface area contributed by atoms with Crippen LogP contribution in [-0.2, 0) is 10.9 Å². The molecule has 0 radical (unpaired) electrons. The van der Waals surface area contributed by atoms with Crippen LogP contribution in [-0.4, -0.2) is 25.0 Å². The molecule has 11 heavy (non-hydrogen) atoms. The molecule has 0 nitrogen and oxygen atoms in total. The van der Waals surface area contributed by atoms with E-state index in [4.69, 9.17) is 0 Å². The first-order valence-corrected chi connectivity index (χ1v) is 5.33. The maximum atomic E-state index is 9.75. The molecule has 0 aromatic rings. The van der Waals surface area contributed by atoms with Gasteiger partial charge in [0.2, 0.25) is 0 Å². The molecule has 1 aliphatic heterocycles. The summed E-state index contributed by atoms with van der Waals surface area (Å²) in [5, 5.41) is 0. The van der Waals surface area contributed by atoms with Gasteiger partial charge in [-0.15, -0.1) is 0 Å². The van der Waals surface area contributed by atoms with E-state index in [0.29, 0.717) is 0 Å². The predicted molar refractivity (Wildman–Crippen MR) is 42.4 cm³/mol. The third-order valence-electron chi connectivity index (χ3n) is 1.24. The van der Waals surface area contributed by atoms with E-state index in [2.05, 4.69) is 6.26 Å². The highest BCUT2D eigenvalue weighted by atomic mass is 32.2. The van der Waals surface area contributed by atoms with Gasteiger partial charge >= 0.3 is 7.25 Å². The van der Waals surface area contributed by atoms with Crippen LogP contribution in [0.3, 0.4) is 0 Å². The molecular formula is C5H11BF4S. The lowest BCUT2D eigenvalue weighted by Gasteiger charge is -1.94. The Morgan fingerprint density at radius 1 is 1.00 bits per heavy atom. The van der Waals surface area contributed by atoms with Crippen LogP contribution < -0.4 is 0 Å². The van der Waals surface area contributed by atoms with E-state index >= 15 is 0 Å². The fourth-order valence-electron chi connectivity index (χ4n) is 0.799. The molecule has 6 heteroatoms. The third-order valence-corrected chi connectivity index (χ3v) is 3.21. The smallest absolute Gasteiger partial charge is 0.418 e. The van der Waals surface area contributed by atoms with Crippen LogP contribution >= 0.6 is 0 Å². The molecule has 0 saturated carbocycles. The van der Waals surface area contributed by atoms with Gasteiger partial charge in [0.15, 0.2) is 0 Å². The zero-order valence-electron chi connectivity index (χ0n) is 6.33. The van der Waals surface area contributed by atoms with Crippen molar-refractivity contribution >= 4 is 18.1 Å². The lowest BCUT2D eigenvalue weighted by atomic mass is 10.3. The SMILES string of the molecule is C[S+]1CCCC1.F[B-](F)(F)F. The lowest BCUT2D eigenvalue weighted by Crippen LogP contribution is -2.02. The molecule has 0 aromatic heterocycles. The maximum absolute atomic E-state index is 9.75. The predicted octanol–water partition coefficient (Wildman–Crippen LogP) is 2.33. The minimum Gasteiger partial charge on any atom is -0.418 e. The van der Waals surface area contributed by atoms with Crippen LogP contribution in [0.25, 0.3) is 0 Å². The molecule has 0 amide bonds. The van der Waals surface area contributed by atoms with Crippen LogP contribution in [0.5, 0.6) is 0 Å². The van der Waals surface area contributed by atoms with Crippen molar-refractivity contribution in [2.75, 3.05) is 17.8 Å². The normalized spacial score (nSPS) is 19.4. The van der Waals surface area contributed by atoms with Crippen molar-refractivity contribution in [3.63, 3.8) is 0 Å². The molecule has 68 valence electrons. The molecule has 1 saturated heterocycles. The quantitative estimate of drug-likeness (QED) is 0.312. The van der Waals surface area contributed by atoms with E-state index in [0.717, 1.165) is 10.9 Å². The van der Waals surface area contributed by atoms with Crippen LogP contribution in [0.1, 0.15) is 12.8 Å². The molecule has 0 spiro atoms. The first-order chi connectivity index (χ1) is 4.89. The summed E-state index contributed by atoms with van der Waals surface area (Å²) in [7, 11) is -5.17. The molecule has 0 atom stereocenters. The van der Waals surface area contributed by atoms with E-state index in [1.165, 1.54) is 24.3 Å². The Morgan fingerprint density at radius 3 is 1.36 bits per heavy atom. The van der Waals surface area contributed by atoms with Gasteiger partial charge in [-0.05, 0) is 23.7 Å². The summed E-state index contributed by atoms with van der Waals surface area (Å²) in [4.78, 5) is 0. The summed E-state index contributed by atoms with van der Waals surface area (Å²) in [5.74, 6) is 3.03. The van der Waals surface area contributed by atoms with Crippen molar-refractivity contribution in [2.45, 2.75) is 12.8 Å². The molecule has 1 fully saturated rings. The third kappa shape index (κ3) is 13.2. The average molecular weight is 190 g/mol. The van der Waals surface area contributed by atoms with Gasteiger partial charge in [0.1, 0.15) is 11.5 Å². The highest BCUT2D eigenvalue weighted by Crippen LogP contribution is 2.08. The Hall–Kier alpha value is 0.135. The zero-order chi connectivity index (χ0) is 8.91. The minimum absolute atomic E-state index is 0.827. The summed E-state index contributed by atoms with van der Waals surface area (Å²) >= 11 is 0. The molecule has 1 heterocycles. The van der Waals surface area contributed by atoms with E-state index in [9.17, 15) is 17.3 Å². The molecule has 0 bridgehead atoms. The summed E-state index contributed by atoms with van der Waals surface area (Å²) in [6.07, 6.45) is 5.37. The maximum Gasteiger partial charge on any atom is 0.673 e. The van der Waals surface area contributed by atoms with Crippen molar-refractivity contribution in [1.29, 1.82) is 0 Å². The van der Waals surface area contributed by atoms with Crippen LogP contribution in [0.2, 0.25) is 0 Å². The highest BCUT2D eigenvalue weighted by Gasteiger charge is 2.20. The Labute approximate surface area is 66.8 Å². The fraction of sp³-hybridized carbons (Fsp3) is 1.00. The van der Waals surface area contributed by atoms with E-state index in [1.807, 2.05) is 0 Å². The molecular weight excluding hydrogens is 179 g/mol. The first kappa shape index (κ1) is 11.1. The fourth-order valence-corrected chi connectivity index (χ4v) is 2.40. The van der Waals surface area contributed by atoms with Gasteiger partial charge in [-0.25, -0.2) is 0 Å². The second kappa shape index (κ2) is 4.90. The van der Waals surface area contributed by atoms with Crippen molar-refractivity contribution in [3.8, 4) is 0 Å². The van der Waals surface area contributed by atoms with E-state index < -0.39 is 7.25 Å². The number of rotatable bonds is 0. The molecule has 1 aliphatic rings. The Kier molecular flexibility index (Phi) is 4.96. The minimum atomic E-state index is -6.00. The van der Waals surface area contributed by atoms with Crippen LogP contribution in [0, 0.1) is 0 Å². The van der Waals surface area contributed by atoms with Gasteiger partial charge in [-0.1, -0.05) is 0 Å². The van der Waals surface area contributed by atoms with Crippen LogP contribution in [0.4, 0.5) is 17.3 Å². The van der Waals surface area contributed by atoms with Gasteiger partial charge in [0, 0.05) is 0 Å². The van der Waals surface area contributed by atoms with Gasteiger partial charge in [-0.2, -0.15) is 0 Å². The first-order valence-electron chi connectivity index (χ1n) is 3.36. The number of halogens is 4. The molecule has 0 aliphatic carbocycles. The highest BCUT2D eigenvalue weighted by molar-refractivity contribution is 7.96. The van der Waals surface area contributed by atoms with Crippen molar-refractivity contribution in [3.05, 3.63) is 0 Å². The summed E-state index contributed by atoms with van der Waals surface area (Å²) in [5.41, 5.74) is 0. The standard InChI is InChI=1S/C5H11S.BF4/c1-6-4-2-3-5-6;2-1(3,4)5/h2-5H2,1H3;/q+1;-1. The van der Waals surface area contributed by atoms with Crippen molar-refractivity contribution in [2.24, 2.45) is 0 Å². The number of hydrogen-bond acceptors (Lipinski definition) is 0. The van der Waals surface area contributed by atoms with Crippen molar-refractivity contribution in [1.82, 2.24) is 0 Å².